The van der Waals surface area contributed by atoms with E-state index in [0.29, 0.717) is 43.1 Å². The predicted octanol–water partition coefficient (Wildman–Crippen LogP) is 4.13. The summed E-state index contributed by atoms with van der Waals surface area (Å²) < 4.78 is 111. The highest BCUT2D eigenvalue weighted by atomic mass is 35.5. The lowest BCUT2D eigenvalue weighted by Crippen LogP contribution is -2.41. The van der Waals surface area contributed by atoms with E-state index in [-0.39, 0.29) is 13.1 Å². The molecule has 3 rings (SSSR count). The zero-order valence-electron chi connectivity index (χ0n) is 18.3. The molecule has 0 amide bonds. The summed E-state index contributed by atoms with van der Waals surface area (Å²) in [4.78, 5) is 1.53. The number of likely N-dealkylation sites (N-methyl/N-ethyl adjacent to an activating group) is 1. The Morgan fingerprint density at radius 1 is 1.14 bits per heavy atom. The molecule has 1 saturated heterocycles. The number of benzene rings is 1. The molecule has 0 unspecified atom stereocenters. The molecule has 1 aromatic heterocycles. The van der Waals surface area contributed by atoms with Crippen molar-refractivity contribution in [1.29, 1.82) is 5.26 Å². The molecule has 1 aliphatic rings. The minimum absolute atomic E-state index is 0.0488. The van der Waals surface area contributed by atoms with Gasteiger partial charge in [0.1, 0.15) is 11.8 Å². The van der Waals surface area contributed by atoms with Gasteiger partial charge >= 0.3 is 11.7 Å². The van der Waals surface area contributed by atoms with Gasteiger partial charge in [-0.1, -0.05) is 23.2 Å². The first kappa shape index (κ1) is 28.3. The monoisotopic (exact) mass is 579 g/mol. The molecular formula is C19H17Cl2F6N5O3S. The highest BCUT2D eigenvalue weighted by molar-refractivity contribution is 7.92. The molecule has 0 bridgehead atoms. The van der Waals surface area contributed by atoms with Gasteiger partial charge in [0.25, 0.3) is 9.84 Å². The highest BCUT2D eigenvalue weighted by Gasteiger charge is 2.51. The predicted molar refractivity (Wildman–Crippen MR) is 117 cm³/mol. The number of halogens is 8. The molecule has 36 heavy (non-hydrogen) atoms. The van der Waals surface area contributed by atoms with Gasteiger partial charge in [-0.15, -0.1) is 0 Å². The number of aromatic nitrogens is 2. The fourth-order valence-electron chi connectivity index (χ4n) is 3.48. The van der Waals surface area contributed by atoms with E-state index in [1.165, 1.54) is 13.1 Å². The zero-order valence-corrected chi connectivity index (χ0v) is 20.6. The SMILES string of the molecule is CN(CCN1CCOCC1)c1c(S(=O)(=O)C(F)(F)F)c(C#N)nn1-c1c(Cl)cc(C(F)(F)F)cc1Cl. The van der Waals surface area contributed by atoms with Gasteiger partial charge in [0, 0.05) is 33.2 Å². The van der Waals surface area contributed by atoms with E-state index in [4.69, 9.17) is 27.9 Å². The maximum atomic E-state index is 13.6. The first-order chi connectivity index (χ1) is 16.6. The number of rotatable bonds is 6. The van der Waals surface area contributed by atoms with Crippen LogP contribution in [-0.2, 0) is 20.8 Å². The lowest BCUT2D eigenvalue weighted by Gasteiger charge is -2.30. The molecule has 2 aromatic rings. The number of hydrogen-bond donors (Lipinski definition) is 0. The fourth-order valence-corrected chi connectivity index (χ4v) is 5.18. The van der Waals surface area contributed by atoms with Gasteiger partial charge in [-0.05, 0) is 12.1 Å². The minimum atomic E-state index is -6.13. The van der Waals surface area contributed by atoms with Crippen molar-refractivity contribution in [2.45, 2.75) is 16.6 Å². The van der Waals surface area contributed by atoms with E-state index in [9.17, 15) is 40.0 Å². The lowest BCUT2D eigenvalue weighted by molar-refractivity contribution is -0.137. The van der Waals surface area contributed by atoms with Gasteiger partial charge in [0.05, 0.1) is 28.8 Å². The standard InChI is InChI=1S/C19H17Cl2F6N5O3S/c1-30(2-3-31-4-6-35-7-5-31)17-16(36(33,34)19(25,26)27)14(10-28)29-32(17)15-12(20)8-11(9-13(15)21)18(22,23)24/h8-9H,2-7H2,1H3. The number of anilines is 1. The first-order valence-electron chi connectivity index (χ1n) is 10.0. The number of morpholine rings is 1. The fraction of sp³-hybridized carbons (Fsp3) is 0.474. The number of hydrogen-bond acceptors (Lipinski definition) is 7. The van der Waals surface area contributed by atoms with E-state index in [2.05, 4.69) is 5.10 Å². The molecule has 1 aromatic carbocycles. The Morgan fingerprint density at radius 2 is 1.69 bits per heavy atom. The average molecular weight is 580 g/mol. The van der Waals surface area contributed by atoms with Crippen LogP contribution in [0.25, 0.3) is 5.69 Å². The molecule has 0 aliphatic carbocycles. The number of ether oxygens (including phenoxy) is 1. The van der Waals surface area contributed by atoms with Gasteiger partial charge in [-0.3, -0.25) is 4.90 Å². The third-order valence-corrected chi connectivity index (χ3v) is 7.37. The van der Waals surface area contributed by atoms with Crippen LogP contribution in [0.3, 0.4) is 0 Å². The van der Waals surface area contributed by atoms with Crippen molar-refractivity contribution in [3.8, 4) is 11.8 Å². The van der Waals surface area contributed by atoms with Crippen LogP contribution in [0.2, 0.25) is 10.0 Å². The van der Waals surface area contributed by atoms with Gasteiger partial charge in [0.2, 0.25) is 0 Å². The lowest BCUT2D eigenvalue weighted by atomic mass is 10.2. The number of nitriles is 1. The van der Waals surface area contributed by atoms with E-state index < -0.39 is 59.2 Å². The van der Waals surface area contributed by atoms with Crippen LogP contribution in [0.15, 0.2) is 17.0 Å². The van der Waals surface area contributed by atoms with Gasteiger partial charge in [-0.2, -0.15) is 36.7 Å². The maximum Gasteiger partial charge on any atom is 0.502 e. The van der Waals surface area contributed by atoms with Gasteiger partial charge < -0.3 is 9.64 Å². The topological polar surface area (TPSA) is 91.5 Å². The molecule has 0 saturated carbocycles. The van der Waals surface area contributed by atoms with E-state index >= 15 is 0 Å². The van der Waals surface area contributed by atoms with E-state index in [1.807, 2.05) is 4.90 Å². The van der Waals surface area contributed by atoms with Crippen molar-refractivity contribution in [1.82, 2.24) is 14.7 Å². The number of alkyl halides is 6. The third kappa shape index (κ3) is 5.52. The smallest absolute Gasteiger partial charge is 0.379 e. The highest BCUT2D eigenvalue weighted by Crippen LogP contribution is 2.43. The maximum absolute atomic E-state index is 13.6. The molecule has 17 heteroatoms. The summed E-state index contributed by atoms with van der Waals surface area (Å²) in [5, 5.41) is 11.7. The van der Waals surface area contributed by atoms with Crippen molar-refractivity contribution >= 4 is 38.9 Å². The molecule has 8 nitrogen and oxygen atoms in total. The van der Waals surface area contributed by atoms with Crippen LogP contribution in [-0.4, -0.2) is 75.0 Å². The third-order valence-electron chi connectivity index (χ3n) is 5.27. The molecule has 0 atom stereocenters. The van der Waals surface area contributed by atoms with E-state index in [1.54, 1.807) is 0 Å². The number of sulfone groups is 1. The van der Waals surface area contributed by atoms with Crippen LogP contribution in [0.5, 0.6) is 0 Å². The summed E-state index contributed by atoms with van der Waals surface area (Å²) in [7, 11) is -4.88. The Labute approximate surface area is 211 Å². The summed E-state index contributed by atoms with van der Waals surface area (Å²) in [6.07, 6.45) is -4.85. The van der Waals surface area contributed by atoms with Crippen LogP contribution >= 0.6 is 23.2 Å². The van der Waals surface area contributed by atoms with E-state index in [0.717, 1.165) is 4.90 Å². The van der Waals surface area contributed by atoms with Crippen molar-refractivity contribution in [2.24, 2.45) is 0 Å². The van der Waals surface area contributed by atoms with Crippen LogP contribution in [0, 0.1) is 11.3 Å². The van der Waals surface area contributed by atoms with Crippen molar-refractivity contribution in [3.05, 3.63) is 33.4 Å². The van der Waals surface area contributed by atoms with Crippen molar-refractivity contribution in [2.75, 3.05) is 51.3 Å². The molecule has 1 fully saturated rings. The molecular weight excluding hydrogens is 563 g/mol. The molecule has 1 aliphatic heterocycles. The zero-order chi connectivity index (χ0) is 27.1. The quantitative estimate of drug-likeness (QED) is 0.475. The second-order valence-corrected chi connectivity index (χ2v) is 10.3. The summed E-state index contributed by atoms with van der Waals surface area (Å²) >= 11 is 12.0. The second-order valence-electron chi connectivity index (χ2n) is 7.64. The summed E-state index contributed by atoms with van der Waals surface area (Å²) in [5.41, 5.74) is -8.72. The Kier molecular flexibility index (Phi) is 8.07. The van der Waals surface area contributed by atoms with Crippen molar-refractivity contribution < 1.29 is 39.5 Å². The second kappa shape index (κ2) is 10.3. The average Bonchev–Trinajstić information content (AvgIpc) is 3.16. The Balaban J connectivity index is 2.24. The Morgan fingerprint density at radius 3 is 2.17 bits per heavy atom. The Bertz CT molecular complexity index is 1260. The summed E-state index contributed by atoms with van der Waals surface area (Å²) in [6, 6.07) is 2.24. The molecule has 198 valence electrons. The normalized spacial score (nSPS) is 15.7. The number of nitrogens with zero attached hydrogens (tertiary/aromatic N) is 5. The van der Waals surface area contributed by atoms with Gasteiger partial charge in [-0.25, -0.2) is 13.1 Å². The van der Waals surface area contributed by atoms with Crippen molar-refractivity contribution in [3.63, 3.8) is 0 Å². The van der Waals surface area contributed by atoms with Crippen LogP contribution in [0.1, 0.15) is 11.3 Å². The molecule has 0 N–H and O–H groups in total. The van der Waals surface area contributed by atoms with Gasteiger partial charge in [0.15, 0.2) is 16.4 Å². The Hall–Kier alpha value is -2.25. The molecule has 2 heterocycles. The molecule has 0 spiro atoms. The van der Waals surface area contributed by atoms with Crippen LogP contribution < -0.4 is 4.90 Å². The van der Waals surface area contributed by atoms with Crippen LogP contribution in [0.4, 0.5) is 32.2 Å². The largest absolute Gasteiger partial charge is 0.502 e. The summed E-state index contributed by atoms with van der Waals surface area (Å²) in [5.74, 6) is -0.735. The molecule has 0 radical (unpaired) electrons. The minimum Gasteiger partial charge on any atom is -0.379 e. The first-order valence-corrected chi connectivity index (χ1v) is 12.3. The summed E-state index contributed by atoms with van der Waals surface area (Å²) in [6.45, 7) is 2.08.